The van der Waals surface area contributed by atoms with Crippen LogP contribution in [0.2, 0.25) is 0 Å². The van der Waals surface area contributed by atoms with Crippen LogP contribution in [-0.2, 0) is 29.0 Å². The van der Waals surface area contributed by atoms with Crippen LogP contribution in [0, 0.1) is 19.8 Å². The van der Waals surface area contributed by atoms with Gasteiger partial charge < -0.3 is 31.5 Å². The minimum absolute atomic E-state index is 0.0220. The minimum atomic E-state index is -0.312. The van der Waals surface area contributed by atoms with Gasteiger partial charge in [-0.15, -0.1) is 0 Å². The maximum absolute atomic E-state index is 12.7. The number of carbonyl (C=O) groups is 2. The molecule has 0 fully saturated rings. The summed E-state index contributed by atoms with van der Waals surface area (Å²) in [6, 6.07) is 7.82. The van der Waals surface area contributed by atoms with Crippen LogP contribution in [0.25, 0.3) is 6.08 Å². The van der Waals surface area contributed by atoms with E-state index in [2.05, 4.69) is 54.9 Å². The lowest BCUT2D eigenvalue weighted by atomic mass is 9.90. The molecule has 6 N–H and O–H groups in total. The number of benzene rings is 2. The number of ether oxygens (including phenoxy) is 1. The highest BCUT2D eigenvalue weighted by molar-refractivity contribution is 6.06. The zero-order chi connectivity index (χ0) is 33.6. The first-order valence-corrected chi connectivity index (χ1v) is 16.5. The molecule has 0 bridgehead atoms. The van der Waals surface area contributed by atoms with E-state index < -0.39 is 0 Å². The van der Waals surface area contributed by atoms with E-state index in [0.717, 1.165) is 61.0 Å². The van der Waals surface area contributed by atoms with Crippen LogP contribution in [-0.4, -0.2) is 50.6 Å². The minimum Gasteiger partial charge on any atom is -0.504 e. The monoisotopic (exact) mass is 630 g/mol. The predicted octanol–water partition coefficient (Wildman–Crippen LogP) is 5.57. The number of rotatable bonds is 19. The van der Waals surface area contributed by atoms with Crippen LogP contribution in [0.15, 0.2) is 53.8 Å². The fourth-order valence-electron chi connectivity index (χ4n) is 6.11. The third kappa shape index (κ3) is 11.3. The molecular weight excluding hydrogens is 576 g/mol. The van der Waals surface area contributed by atoms with Crippen molar-refractivity contribution >= 4 is 17.6 Å². The quantitative estimate of drug-likeness (QED) is 0.0776. The van der Waals surface area contributed by atoms with Crippen molar-refractivity contribution in [2.24, 2.45) is 11.7 Å². The molecule has 0 spiro atoms. The highest BCUT2D eigenvalue weighted by atomic mass is 16.5. The largest absolute Gasteiger partial charge is 0.504 e. The van der Waals surface area contributed by atoms with Gasteiger partial charge in [0.2, 0.25) is 0 Å². The number of phenols is 1. The van der Waals surface area contributed by atoms with E-state index in [1.165, 1.54) is 35.4 Å². The van der Waals surface area contributed by atoms with Crippen molar-refractivity contribution in [2.45, 2.75) is 84.8 Å². The maximum Gasteiger partial charge on any atom is 0.163 e. The van der Waals surface area contributed by atoms with Gasteiger partial charge in [-0.2, -0.15) is 0 Å². The molecule has 8 nitrogen and oxygen atoms in total. The van der Waals surface area contributed by atoms with Gasteiger partial charge in [0.25, 0.3) is 0 Å². The van der Waals surface area contributed by atoms with E-state index >= 15 is 0 Å². The van der Waals surface area contributed by atoms with Gasteiger partial charge in [0, 0.05) is 19.2 Å². The number of hydrogen-bond donors (Lipinski definition) is 5. The molecule has 0 aliphatic carbocycles. The van der Waals surface area contributed by atoms with E-state index in [1.54, 1.807) is 18.2 Å². The summed E-state index contributed by atoms with van der Waals surface area (Å²) in [6.45, 7) is 8.26. The Morgan fingerprint density at radius 1 is 1.07 bits per heavy atom. The van der Waals surface area contributed by atoms with Crippen molar-refractivity contribution in [3.05, 3.63) is 87.1 Å². The fraction of sp³-hybridized carbons (Fsp3) is 0.474. The number of phenolic OH excluding ortho intramolecular Hbond substituents is 1. The number of allylic oxidation sites excluding steroid dienone is 3. The molecule has 8 heteroatoms. The predicted molar refractivity (Wildman–Crippen MR) is 188 cm³/mol. The van der Waals surface area contributed by atoms with Crippen molar-refractivity contribution in [3.8, 4) is 11.5 Å². The van der Waals surface area contributed by atoms with Gasteiger partial charge in [-0.3, -0.25) is 9.59 Å². The molecule has 1 aliphatic heterocycles. The lowest BCUT2D eigenvalue weighted by Gasteiger charge is -2.24. The number of Topliss-reactive ketones (excluding diaryl/α,β-unsaturated/α-hetero) is 1. The molecule has 2 atom stereocenters. The Morgan fingerprint density at radius 2 is 1.85 bits per heavy atom. The molecule has 3 rings (SSSR count). The molecule has 0 aromatic heterocycles. The maximum atomic E-state index is 12.7. The Kier molecular flexibility index (Phi) is 14.7. The highest BCUT2D eigenvalue weighted by Gasteiger charge is 2.18. The van der Waals surface area contributed by atoms with Crippen molar-refractivity contribution in [2.75, 3.05) is 27.7 Å². The van der Waals surface area contributed by atoms with Crippen molar-refractivity contribution < 1.29 is 19.4 Å². The van der Waals surface area contributed by atoms with Crippen molar-refractivity contribution in [3.63, 3.8) is 0 Å². The summed E-state index contributed by atoms with van der Waals surface area (Å²) < 4.78 is 5.36. The van der Waals surface area contributed by atoms with E-state index in [4.69, 9.17) is 10.5 Å². The Hall–Kier alpha value is -3.72. The van der Waals surface area contributed by atoms with E-state index in [1.807, 2.05) is 20.3 Å². The molecule has 0 radical (unpaired) electrons. The zero-order valence-corrected chi connectivity index (χ0v) is 28.6. The van der Waals surface area contributed by atoms with E-state index in [-0.39, 0.29) is 29.9 Å². The topological polar surface area (TPSA) is 126 Å². The number of carbonyl (C=O) groups excluding carboxylic acids is 2. The average Bonchev–Trinajstić information content (AvgIpc) is 3.00. The first-order valence-electron chi connectivity index (χ1n) is 16.5. The first-order chi connectivity index (χ1) is 22.0. The van der Waals surface area contributed by atoms with Crippen LogP contribution >= 0.6 is 0 Å². The van der Waals surface area contributed by atoms with Crippen LogP contribution in [0.4, 0.5) is 0 Å². The SMILES string of the molecule is CNCc1c(C)cc(C)cc1CC1=CC(Cc2cc(O)c(OC)cc2/C=C/C(=O)CC(=O)CCCCC[C@@H](C)CNC)=CNC1N. The molecule has 1 aliphatic rings. The summed E-state index contributed by atoms with van der Waals surface area (Å²) in [5, 5.41) is 20.4. The van der Waals surface area contributed by atoms with Crippen molar-refractivity contribution in [1.82, 2.24) is 16.0 Å². The second kappa shape index (κ2) is 18.4. The third-order valence-electron chi connectivity index (χ3n) is 8.54. The average molecular weight is 631 g/mol. The lowest BCUT2D eigenvalue weighted by molar-refractivity contribution is -0.124. The summed E-state index contributed by atoms with van der Waals surface area (Å²) in [7, 11) is 5.41. The second-order valence-corrected chi connectivity index (χ2v) is 12.7. The number of aromatic hydroxyl groups is 1. The van der Waals surface area contributed by atoms with Crippen LogP contribution in [0.1, 0.15) is 78.8 Å². The fourth-order valence-corrected chi connectivity index (χ4v) is 6.11. The zero-order valence-electron chi connectivity index (χ0n) is 28.6. The van der Waals surface area contributed by atoms with Gasteiger partial charge >= 0.3 is 0 Å². The molecule has 2 aromatic rings. The third-order valence-corrected chi connectivity index (χ3v) is 8.54. The molecule has 0 saturated carbocycles. The lowest BCUT2D eigenvalue weighted by Crippen LogP contribution is -2.39. The highest BCUT2D eigenvalue weighted by Crippen LogP contribution is 2.32. The number of hydrogen-bond acceptors (Lipinski definition) is 8. The van der Waals surface area contributed by atoms with Crippen LogP contribution in [0.3, 0.4) is 0 Å². The van der Waals surface area contributed by atoms with Crippen LogP contribution in [0.5, 0.6) is 11.5 Å². The standard InChI is InChI=1S/C38H54N4O4/c1-25(22-40-4)10-8-7-9-11-33(43)21-34(44)13-12-29-20-37(46-6)36(45)19-30(29)16-28-17-32(38(39)42-23-28)18-31-15-26(2)14-27(3)35(31)24-41-5/h12-15,17,19-20,23,25,38,40-42,45H,7-11,16,18,21-22,24,39H2,1-6H3/b13-12+/t25-,38?/m1/s1. The van der Waals surface area contributed by atoms with Crippen LogP contribution < -0.4 is 26.4 Å². The summed E-state index contributed by atoms with van der Waals surface area (Å²) >= 11 is 0. The Bertz CT molecular complexity index is 1440. The molecule has 1 unspecified atom stereocenters. The van der Waals surface area contributed by atoms with E-state index in [0.29, 0.717) is 30.9 Å². The number of nitrogens with one attached hydrogen (secondary N) is 3. The van der Waals surface area contributed by atoms with E-state index in [9.17, 15) is 14.7 Å². The summed E-state index contributed by atoms with van der Waals surface area (Å²) in [5.74, 6) is 0.695. The summed E-state index contributed by atoms with van der Waals surface area (Å²) in [4.78, 5) is 25.2. The normalized spacial score (nSPS) is 15.3. The molecule has 1 heterocycles. The van der Waals surface area contributed by atoms with Crippen molar-refractivity contribution in [1.29, 1.82) is 0 Å². The van der Waals surface area contributed by atoms with Gasteiger partial charge in [0.1, 0.15) is 5.78 Å². The first kappa shape index (κ1) is 36.7. The Morgan fingerprint density at radius 3 is 2.57 bits per heavy atom. The number of ketones is 2. The van der Waals surface area contributed by atoms with Gasteiger partial charge in [-0.1, -0.05) is 49.6 Å². The Balaban J connectivity index is 1.70. The molecule has 250 valence electrons. The smallest absolute Gasteiger partial charge is 0.163 e. The number of dihydropyridines is 1. The summed E-state index contributed by atoms with van der Waals surface area (Å²) in [6.07, 6.45) is 12.4. The van der Waals surface area contributed by atoms with Gasteiger partial charge in [0.15, 0.2) is 17.3 Å². The number of methoxy groups -OCH3 is 1. The molecule has 46 heavy (non-hydrogen) atoms. The number of nitrogens with two attached hydrogens (primary N) is 1. The van der Waals surface area contributed by atoms with Gasteiger partial charge in [0.05, 0.1) is 19.7 Å². The molecule has 2 aromatic carbocycles. The summed E-state index contributed by atoms with van der Waals surface area (Å²) in [5.41, 5.74) is 15.1. The van der Waals surface area contributed by atoms with Gasteiger partial charge in [-0.05, 0) is 123 Å². The molecular formula is C38H54N4O4. The molecule has 0 amide bonds. The number of aryl methyl sites for hydroxylation is 2. The number of unbranched alkanes of at least 4 members (excludes halogenated alkanes) is 2. The molecule has 0 saturated heterocycles. The Labute approximate surface area is 275 Å². The van der Waals surface area contributed by atoms with Gasteiger partial charge in [-0.25, -0.2) is 0 Å². The second-order valence-electron chi connectivity index (χ2n) is 12.7.